The Hall–Kier alpha value is -5.75. The molecule has 0 amide bonds. The van der Waals surface area contributed by atoms with Crippen LogP contribution in [0.25, 0.3) is 44.2 Å². The SMILES string of the molecule is C[Si]1C2=C(CCC=C2)c2ccc(-c3cccc([Si](c4ccccc4)(c4ccccc4)c4ccc5c(c4)c4ccccc4n5-c4ccccc4)c3)cc21. The summed E-state index contributed by atoms with van der Waals surface area (Å²) in [5.41, 5.74) is 9.35. The van der Waals surface area contributed by atoms with Gasteiger partial charge in [-0.25, -0.2) is 0 Å². The van der Waals surface area contributed by atoms with E-state index in [0.29, 0.717) is 0 Å². The third-order valence-corrected chi connectivity index (χ3v) is 18.7. The lowest BCUT2D eigenvalue weighted by molar-refractivity contribution is 1.05. The van der Waals surface area contributed by atoms with Crippen molar-refractivity contribution in [3.05, 3.63) is 199 Å². The molecule has 0 spiro atoms. The molecule has 0 N–H and O–H groups in total. The van der Waals surface area contributed by atoms with Gasteiger partial charge in [0.15, 0.2) is 8.07 Å². The van der Waals surface area contributed by atoms with Crippen LogP contribution in [-0.4, -0.2) is 21.4 Å². The second-order valence-electron chi connectivity index (χ2n) is 14.2. The van der Waals surface area contributed by atoms with Gasteiger partial charge < -0.3 is 4.57 Å². The zero-order valence-corrected chi connectivity index (χ0v) is 31.3. The minimum atomic E-state index is -2.82. The highest BCUT2D eigenvalue weighted by Crippen LogP contribution is 2.36. The summed E-state index contributed by atoms with van der Waals surface area (Å²) in [6.07, 6.45) is 7.12. The quantitative estimate of drug-likeness (QED) is 0.121. The van der Waals surface area contributed by atoms with Crippen molar-refractivity contribution in [2.45, 2.75) is 19.4 Å². The van der Waals surface area contributed by atoms with Crippen LogP contribution in [0.2, 0.25) is 6.55 Å². The molecule has 247 valence electrons. The van der Waals surface area contributed by atoms with Gasteiger partial charge in [-0.3, -0.25) is 0 Å². The molecular weight excluding hydrogens is 659 g/mol. The van der Waals surface area contributed by atoms with Crippen LogP contribution in [-0.2, 0) is 0 Å². The summed E-state index contributed by atoms with van der Waals surface area (Å²) in [6, 6.07) is 66.5. The summed E-state index contributed by atoms with van der Waals surface area (Å²) in [6.45, 7) is 2.48. The molecule has 2 heterocycles. The van der Waals surface area contributed by atoms with Crippen LogP contribution in [0, 0.1) is 0 Å². The van der Waals surface area contributed by atoms with Gasteiger partial charge in [0.2, 0.25) is 0 Å². The third-order valence-electron chi connectivity index (χ3n) is 11.5. The lowest BCUT2D eigenvalue weighted by Crippen LogP contribution is -2.74. The van der Waals surface area contributed by atoms with E-state index in [-0.39, 0.29) is 0 Å². The summed E-state index contributed by atoms with van der Waals surface area (Å²) < 4.78 is 2.42. The summed E-state index contributed by atoms with van der Waals surface area (Å²) in [4.78, 5) is 0. The zero-order valence-electron chi connectivity index (χ0n) is 29.3. The van der Waals surface area contributed by atoms with Crippen molar-refractivity contribution in [3.63, 3.8) is 0 Å². The molecule has 1 aliphatic heterocycles. The molecule has 1 radical (unpaired) electrons. The van der Waals surface area contributed by atoms with Crippen molar-refractivity contribution in [2.75, 3.05) is 0 Å². The van der Waals surface area contributed by atoms with Gasteiger partial charge in [-0.2, -0.15) is 0 Å². The second-order valence-corrected chi connectivity index (χ2v) is 20.3. The van der Waals surface area contributed by atoms with Gasteiger partial charge in [-0.15, -0.1) is 0 Å². The van der Waals surface area contributed by atoms with Crippen molar-refractivity contribution in [2.24, 2.45) is 0 Å². The molecule has 1 aromatic heterocycles. The maximum atomic E-state index is 2.53. The van der Waals surface area contributed by atoms with Gasteiger partial charge in [0.25, 0.3) is 0 Å². The fourth-order valence-corrected chi connectivity index (χ4v) is 16.3. The van der Waals surface area contributed by atoms with Gasteiger partial charge in [0, 0.05) is 16.5 Å². The molecular formula is C49H38NSi2. The number of para-hydroxylation sites is 2. The van der Waals surface area contributed by atoms with Gasteiger partial charge in [0.05, 0.1) is 11.0 Å². The summed E-state index contributed by atoms with van der Waals surface area (Å²) >= 11 is 0. The predicted octanol–water partition coefficient (Wildman–Crippen LogP) is 8.82. The molecule has 0 bridgehead atoms. The lowest BCUT2D eigenvalue weighted by Gasteiger charge is -2.35. The van der Waals surface area contributed by atoms with Crippen LogP contribution in [0.3, 0.4) is 0 Å². The number of allylic oxidation sites excluding steroid dienone is 4. The number of nitrogens with zero attached hydrogens (tertiary/aromatic N) is 1. The largest absolute Gasteiger partial charge is 0.309 e. The van der Waals surface area contributed by atoms with E-state index >= 15 is 0 Å². The summed E-state index contributed by atoms with van der Waals surface area (Å²) in [7, 11) is -3.58. The minimum Gasteiger partial charge on any atom is -0.309 e. The summed E-state index contributed by atoms with van der Waals surface area (Å²) in [5, 5.41) is 11.3. The molecule has 52 heavy (non-hydrogen) atoms. The standard InChI is InChI=1S/C49H38NSi2/c1-51-48-27-14-12-25-43(48)44-30-28-36(33-49(44)51)35-16-15-23-40(32-35)52(38-19-7-3-8-20-38,39-21-9-4-10-22-39)41-29-31-47-45(34-41)42-24-11-13-26-46(42)50(47)37-17-5-2-6-18-37/h2-11,13-24,26-34H,12,25H2,1H3. The summed E-state index contributed by atoms with van der Waals surface area (Å²) in [5.74, 6) is 0. The lowest BCUT2D eigenvalue weighted by atomic mass is 9.95. The van der Waals surface area contributed by atoms with Crippen LogP contribution in [0.15, 0.2) is 193 Å². The van der Waals surface area contributed by atoms with Gasteiger partial charge >= 0.3 is 0 Å². The molecule has 2 aliphatic rings. The first-order chi connectivity index (χ1) is 25.7. The van der Waals surface area contributed by atoms with Crippen molar-refractivity contribution in [1.82, 2.24) is 4.57 Å². The molecule has 0 atom stereocenters. The molecule has 10 rings (SSSR count). The van der Waals surface area contributed by atoms with E-state index in [2.05, 4.69) is 199 Å². The van der Waals surface area contributed by atoms with Gasteiger partial charge in [-0.1, -0.05) is 176 Å². The van der Waals surface area contributed by atoms with Crippen molar-refractivity contribution < 1.29 is 0 Å². The van der Waals surface area contributed by atoms with E-state index in [1.165, 1.54) is 71.4 Å². The number of aromatic nitrogens is 1. The van der Waals surface area contributed by atoms with E-state index < -0.39 is 16.9 Å². The second kappa shape index (κ2) is 12.5. The molecule has 0 saturated carbocycles. The van der Waals surface area contributed by atoms with Crippen LogP contribution in [0.5, 0.6) is 0 Å². The van der Waals surface area contributed by atoms with Gasteiger partial charge in [-0.05, 0) is 85.3 Å². The molecule has 0 unspecified atom stereocenters. The van der Waals surface area contributed by atoms with Gasteiger partial charge in [0.1, 0.15) is 8.80 Å². The van der Waals surface area contributed by atoms with Crippen molar-refractivity contribution >= 4 is 70.2 Å². The van der Waals surface area contributed by atoms with E-state index in [4.69, 9.17) is 0 Å². The molecule has 1 nitrogen and oxygen atoms in total. The van der Waals surface area contributed by atoms with E-state index in [1.54, 1.807) is 16.0 Å². The van der Waals surface area contributed by atoms with Crippen molar-refractivity contribution in [1.29, 1.82) is 0 Å². The Bertz CT molecular complexity index is 2650. The van der Waals surface area contributed by atoms with Crippen LogP contribution >= 0.6 is 0 Å². The molecule has 0 saturated heterocycles. The Kier molecular flexibility index (Phi) is 7.45. The van der Waals surface area contributed by atoms with Crippen molar-refractivity contribution in [3.8, 4) is 16.8 Å². The monoisotopic (exact) mass is 696 g/mol. The molecule has 3 heteroatoms. The molecule has 1 aliphatic carbocycles. The zero-order chi connectivity index (χ0) is 34.6. The van der Waals surface area contributed by atoms with E-state index in [1.807, 2.05) is 0 Å². The Labute approximate surface area is 308 Å². The Morgan fingerprint density at radius 3 is 1.92 bits per heavy atom. The van der Waals surface area contributed by atoms with Crippen LogP contribution in [0.4, 0.5) is 0 Å². The number of rotatable bonds is 6. The highest BCUT2D eigenvalue weighted by Gasteiger charge is 2.42. The topological polar surface area (TPSA) is 4.93 Å². The Morgan fingerprint density at radius 2 is 1.15 bits per heavy atom. The first-order valence-electron chi connectivity index (χ1n) is 18.4. The minimum absolute atomic E-state index is 0.764. The maximum absolute atomic E-state index is 2.82. The average Bonchev–Trinajstić information content (AvgIpc) is 3.70. The third kappa shape index (κ3) is 4.73. The highest BCUT2D eigenvalue weighted by atomic mass is 28.3. The average molecular weight is 697 g/mol. The first kappa shape index (κ1) is 31.0. The Morgan fingerprint density at radius 1 is 0.519 bits per heavy atom. The van der Waals surface area contributed by atoms with Crippen LogP contribution < -0.4 is 25.9 Å². The normalized spacial score (nSPS) is 14.2. The number of hydrogen-bond donors (Lipinski definition) is 0. The number of hydrogen-bond acceptors (Lipinski definition) is 0. The fourth-order valence-electron chi connectivity index (χ4n) is 9.11. The smallest absolute Gasteiger partial charge is 0.179 e. The first-order valence-corrected chi connectivity index (χ1v) is 22.4. The van der Waals surface area contributed by atoms with E-state index in [0.717, 1.165) is 6.42 Å². The number of benzene rings is 7. The molecule has 8 aromatic rings. The van der Waals surface area contributed by atoms with Crippen LogP contribution in [0.1, 0.15) is 18.4 Å². The fraction of sp³-hybridized carbons (Fsp3) is 0.0612. The maximum Gasteiger partial charge on any atom is 0.179 e. The predicted molar refractivity (Wildman–Crippen MR) is 226 cm³/mol. The Balaban J connectivity index is 1.22. The molecule has 7 aromatic carbocycles. The molecule has 0 fully saturated rings. The van der Waals surface area contributed by atoms with E-state index in [9.17, 15) is 0 Å². The number of fused-ring (bicyclic) bond motifs is 5. The highest BCUT2D eigenvalue weighted by molar-refractivity contribution is 7.20.